The Morgan fingerprint density at radius 3 is 2.24 bits per heavy atom. The Morgan fingerprint density at radius 1 is 1.16 bits per heavy atom. The zero-order chi connectivity index (χ0) is 19.3. The maximum absolute atomic E-state index is 12.4. The van der Waals surface area contributed by atoms with Gasteiger partial charge in [-0.25, -0.2) is 4.79 Å². The number of allylic oxidation sites excluding steroid dienone is 2. The monoisotopic (exact) mass is 350 g/mol. The van der Waals surface area contributed by atoms with Crippen molar-refractivity contribution in [2.45, 2.75) is 73.1 Å². The number of carboxylic acid groups (broad SMARTS) is 2. The number of carboxylic acids is 2. The summed E-state index contributed by atoms with van der Waals surface area (Å²) in [7, 11) is 0. The molecule has 3 unspecified atom stereocenters. The minimum absolute atomic E-state index is 0.197. The van der Waals surface area contributed by atoms with E-state index in [2.05, 4.69) is 6.92 Å². The molecular formula is C21H34O4. The summed E-state index contributed by atoms with van der Waals surface area (Å²) >= 11 is 0. The van der Waals surface area contributed by atoms with Crippen LogP contribution in [0.3, 0.4) is 0 Å². The first-order chi connectivity index (χ1) is 11.6. The van der Waals surface area contributed by atoms with Crippen molar-refractivity contribution < 1.29 is 19.8 Å². The van der Waals surface area contributed by atoms with Gasteiger partial charge in [0.1, 0.15) is 0 Å². The van der Waals surface area contributed by atoms with Gasteiger partial charge in [0.05, 0.1) is 5.41 Å². The van der Waals surface area contributed by atoms with Crippen molar-refractivity contribution in [3.05, 3.63) is 23.8 Å². The summed E-state index contributed by atoms with van der Waals surface area (Å²) in [5.41, 5.74) is -1.19. The predicted octanol–water partition coefficient (Wildman–Crippen LogP) is 5.30. The molecule has 2 N–H and O–H groups in total. The molecule has 0 aromatic carbocycles. The predicted molar refractivity (Wildman–Crippen MR) is 100 cm³/mol. The summed E-state index contributed by atoms with van der Waals surface area (Å²) in [6.45, 7) is 10.2. The summed E-state index contributed by atoms with van der Waals surface area (Å²) in [5, 5.41) is 19.8. The lowest BCUT2D eigenvalue weighted by atomic mass is 9.55. The van der Waals surface area contributed by atoms with Gasteiger partial charge >= 0.3 is 11.9 Å². The molecule has 0 aromatic rings. The van der Waals surface area contributed by atoms with Crippen LogP contribution in [0.1, 0.15) is 73.1 Å². The fraction of sp³-hybridized carbons (Fsp3) is 0.714. The minimum Gasteiger partial charge on any atom is -0.481 e. The molecule has 142 valence electrons. The average Bonchev–Trinajstić information content (AvgIpc) is 2.52. The summed E-state index contributed by atoms with van der Waals surface area (Å²) in [6.07, 6.45) is 10.8. The van der Waals surface area contributed by atoms with E-state index < -0.39 is 23.3 Å². The van der Waals surface area contributed by atoms with Gasteiger partial charge < -0.3 is 10.2 Å². The van der Waals surface area contributed by atoms with Gasteiger partial charge in [0.25, 0.3) is 0 Å². The molecule has 3 atom stereocenters. The Labute approximate surface area is 152 Å². The molecule has 0 amide bonds. The van der Waals surface area contributed by atoms with E-state index in [1.54, 1.807) is 18.2 Å². The Hall–Kier alpha value is -1.58. The smallest absolute Gasteiger partial charge is 0.331 e. The second kappa shape index (κ2) is 8.68. The maximum Gasteiger partial charge on any atom is 0.331 e. The molecule has 0 radical (unpaired) electrons. The second-order valence-corrected chi connectivity index (χ2v) is 8.37. The van der Waals surface area contributed by atoms with Gasteiger partial charge in [-0.05, 0) is 17.8 Å². The van der Waals surface area contributed by atoms with E-state index in [1.165, 1.54) is 0 Å². The van der Waals surface area contributed by atoms with Crippen LogP contribution in [0.15, 0.2) is 23.8 Å². The lowest BCUT2D eigenvalue weighted by molar-refractivity contribution is -0.155. The number of aliphatic carboxylic acids is 2. The van der Waals surface area contributed by atoms with Crippen LogP contribution in [-0.4, -0.2) is 22.2 Å². The average molecular weight is 350 g/mol. The Morgan fingerprint density at radius 2 is 1.76 bits per heavy atom. The first kappa shape index (κ1) is 21.5. The summed E-state index contributed by atoms with van der Waals surface area (Å²) in [6, 6.07) is 0. The lowest BCUT2D eigenvalue weighted by Gasteiger charge is -2.46. The fourth-order valence-corrected chi connectivity index (χ4v) is 3.94. The molecule has 0 aliphatic heterocycles. The topological polar surface area (TPSA) is 74.6 Å². The number of unbranched alkanes of at least 4 members (excludes halogenated alkanes) is 4. The molecule has 0 bridgehead atoms. The summed E-state index contributed by atoms with van der Waals surface area (Å²) < 4.78 is 0. The van der Waals surface area contributed by atoms with Crippen LogP contribution in [0.5, 0.6) is 0 Å². The van der Waals surface area contributed by atoms with Crippen LogP contribution in [0.2, 0.25) is 0 Å². The van der Waals surface area contributed by atoms with Crippen LogP contribution >= 0.6 is 0 Å². The first-order valence-corrected chi connectivity index (χ1v) is 9.45. The zero-order valence-corrected chi connectivity index (χ0v) is 16.3. The van der Waals surface area contributed by atoms with Crippen molar-refractivity contribution in [2.24, 2.45) is 22.7 Å². The molecule has 25 heavy (non-hydrogen) atoms. The highest BCUT2D eigenvalue weighted by atomic mass is 16.4. The van der Waals surface area contributed by atoms with Gasteiger partial charge in [0, 0.05) is 11.5 Å². The highest BCUT2D eigenvalue weighted by Crippen LogP contribution is 2.52. The van der Waals surface area contributed by atoms with E-state index in [9.17, 15) is 19.8 Å². The number of rotatable bonds is 9. The SMILES string of the molecule is CCCCCCCC1C(C(=O)O)=CC=CC1(C(=O)O)C(C)C(C)(C)C. The van der Waals surface area contributed by atoms with Crippen LogP contribution in [-0.2, 0) is 9.59 Å². The Balaban J connectivity index is 3.21. The third-order valence-corrected chi connectivity index (χ3v) is 5.83. The molecule has 0 heterocycles. The maximum atomic E-state index is 12.4. The summed E-state index contributed by atoms with van der Waals surface area (Å²) in [5.74, 6) is -2.62. The van der Waals surface area contributed by atoms with Crippen LogP contribution in [0.4, 0.5) is 0 Å². The molecule has 1 aliphatic carbocycles. The molecule has 0 aromatic heterocycles. The van der Waals surface area contributed by atoms with Crippen LogP contribution in [0, 0.1) is 22.7 Å². The molecule has 4 nitrogen and oxygen atoms in total. The van der Waals surface area contributed by atoms with Crippen LogP contribution < -0.4 is 0 Å². The van der Waals surface area contributed by atoms with E-state index in [0.717, 1.165) is 32.1 Å². The van der Waals surface area contributed by atoms with E-state index in [4.69, 9.17) is 0 Å². The molecule has 0 fully saturated rings. The summed E-state index contributed by atoms with van der Waals surface area (Å²) in [4.78, 5) is 24.2. The molecular weight excluding hydrogens is 316 g/mol. The van der Waals surface area contributed by atoms with Crippen LogP contribution in [0.25, 0.3) is 0 Å². The van der Waals surface area contributed by atoms with Crippen molar-refractivity contribution in [3.8, 4) is 0 Å². The molecule has 0 spiro atoms. The third kappa shape index (κ3) is 4.74. The largest absolute Gasteiger partial charge is 0.481 e. The number of carbonyl (C=O) groups is 2. The van der Waals surface area contributed by atoms with Gasteiger partial charge in [0.2, 0.25) is 0 Å². The molecule has 1 rings (SSSR count). The molecule has 0 saturated carbocycles. The van der Waals surface area contributed by atoms with Crippen molar-refractivity contribution in [1.29, 1.82) is 0 Å². The molecule has 0 saturated heterocycles. The van der Waals surface area contributed by atoms with Gasteiger partial charge in [-0.3, -0.25) is 4.79 Å². The van der Waals surface area contributed by atoms with Crippen molar-refractivity contribution in [1.82, 2.24) is 0 Å². The van der Waals surface area contributed by atoms with Crippen molar-refractivity contribution in [2.75, 3.05) is 0 Å². The van der Waals surface area contributed by atoms with E-state index in [1.807, 2.05) is 27.7 Å². The van der Waals surface area contributed by atoms with Crippen molar-refractivity contribution in [3.63, 3.8) is 0 Å². The highest BCUT2D eigenvalue weighted by Gasteiger charge is 2.54. The van der Waals surface area contributed by atoms with Gasteiger partial charge in [-0.2, -0.15) is 0 Å². The van der Waals surface area contributed by atoms with Crippen molar-refractivity contribution >= 4 is 11.9 Å². The molecule has 1 aliphatic rings. The van der Waals surface area contributed by atoms with E-state index in [-0.39, 0.29) is 16.9 Å². The molecule has 4 heteroatoms. The number of hydrogen-bond donors (Lipinski definition) is 2. The standard InChI is InChI=1S/C21H34O4/c1-6-7-8-9-10-13-17-16(18(22)23)12-11-14-21(17,19(24)25)15(2)20(3,4)5/h11-12,14-15,17H,6-10,13H2,1-5H3,(H,22,23)(H,24,25). The van der Waals surface area contributed by atoms with Gasteiger partial charge in [-0.15, -0.1) is 0 Å². The first-order valence-electron chi connectivity index (χ1n) is 9.45. The highest BCUT2D eigenvalue weighted by molar-refractivity contribution is 5.91. The van der Waals surface area contributed by atoms with E-state index >= 15 is 0 Å². The van der Waals surface area contributed by atoms with E-state index in [0.29, 0.717) is 6.42 Å². The Kier molecular flexibility index (Phi) is 7.45. The third-order valence-electron chi connectivity index (χ3n) is 5.83. The van der Waals surface area contributed by atoms with Gasteiger partial charge in [-0.1, -0.05) is 85.0 Å². The lowest BCUT2D eigenvalue weighted by Crippen LogP contribution is -2.49. The Bertz CT molecular complexity index is 539. The normalized spacial score (nSPS) is 24.7. The number of hydrogen-bond acceptors (Lipinski definition) is 2. The minimum atomic E-state index is -1.18. The fourth-order valence-electron chi connectivity index (χ4n) is 3.94. The quantitative estimate of drug-likeness (QED) is 0.554. The van der Waals surface area contributed by atoms with Gasteiger partial charge in [0.15, 0.2) is 0 Å². The second-order valence-electron chi connectivity index (χ2n) is 8.37. The zero-order valence-electron chi connectivity index (χ0n) is 16.3.